The molecule has 0 saturated heterocycles. The van der Waals surface area contributed by atoms with Gasteiger partial charge in [0.05, 0.1) is 35.9 Å². The summed E-state index contributed by atoms with van der Waals surface area (Å²) in [5, 5.41) is 0.542. The molecule has 4 aromatic rings. The monoisotopic (exact) mass is 600 g/mol. The van der Waals surface area contributed by atoms with E-state index in [1.165, 1.54) is 26.5 Å². The first-order chi connectivity index (χ1) is 17.4. The summed E-state index contributed by atoms with van der Waals surface area (Å²) in [6.45, 7) is 0. The predicted octanol–water partition coefficient (Wildman–Crippen LogP) is 6.77. The lowest BCUT2D eigenvalue weighted by Gasteiger charge is -2.14. The quantitative estimate of drug-likeness (QED) is 0.236. The number of fused-ring (bicyclic) bond motifs is 1. The van der Waals surface area contributed by atoms with Gasteiger partial charge in [0, 0.05) is 28.2 Å². The highest BCUT2D eigenvalue weighted by molar-refractivity contribution is 9.10. The summed E-state index contributed by atoms with van der Waals surface area (Å²) in [7, 11) is -1.60. The van der Waals surface area contributed by atoms with Gasteiger partial charge in [-0.05, 0) is 42.5 Å². The molecule has 0 aliphatic heterocycles. The number of nitrogens with zero attached hydrogens (tertiary/aromatic N) is 1. The molecule has 194 valence electrons. The summed E-state index contributed by atoms with van der Waals surface area (Å²) >= 11 is 2.87. The number of hydrogen-bond donors (Lipinski definition) is 1. The third-order valence-corrected chi connectivity index (χ3v) is 6.93. The average Bonchev–Trinajstić information content (AvgIpc) is 2.84. The second-order valence-electron chi connectivity index (χ2n) is 7.56. The fourth-order valence-corrected chi connectivity index (χ4v) is 5.17. The Labute approximate surface area is 217 Å². The van der Waals surface area contributed by atoms with Crippen molar-refractivity contribution in [3.8, 4) is 23.0 Å². The molecule has 0 aliphatic carbocycles. The topological polar surface area (TPSA) is 86.8 Å². The second kappa shape index (κ2) is 10.1. The highest BCUT2D eigenvalue weighted by atomic mass is 79.9. The van der Waals surface area contributed by atoms with Crippen LogP contribution in [0.1, 0.15) is 5.56 Å². The van der Waals surface area contributed by atoms with Gasteiger partial charge in [0.1, 0.15) is 11.5 Å². The SMILES string of the molecule is COc1cc2nccc(Oc3ccc(NS(=O)(=O)c4cc(Br)cc(C(F)(F)F)c4)c(F)c3)c2cc1OC. The zero-order chi connectivity index (χ0) is 27.0. The van der Waals surface area contributed by atoms with Gasteiger partial charge >= 0.3 is 6.18 Å². The second-order valence-corrected chi connectivity index (χ2v) is 10.2. The van der Waals surface area contributed by atoms with Gasteiger partial charge in [-0.2, -0.15) is 13.2 Å². The minimum atomic E-state index is -4.77. The molecule has 7 nitrogen and oxygen atoms in total. The number of ether oxygens (including phenoxy) is 3. The van der Waals surface area contributed by atoms with Crippen LogP contribution in [-0.4, -0.2) is 27.6 Å². The largest absolute Gasteiger partial charge is 0.493 e. The van der Waals surface area contributed by atoms with Gasteiger partial charge in [0.15, 0.2) is 17.3 Å². The van der Waals surface area contributed by atoms with Gasteiger partial charge in [-0.3, -0.25) is 9.71 Å². The number of halogens is 5. The molecule has 1 aromatic heterocycles. The van der Waals surface area contributed by atoms with Crippen LogP contribution in [0.4, 0.5) is 23.2 Å². The van der Waals surface area contributed by atoms with Crippen LogP contribution in [0.5, 0.6) is 23.0 Å². The summed E-state index contributed by atoms with van der Waals surface area (Å²) < 4.78 is 97.8. The van der Waals surface area contributed by atoms with E-state index in [0.717, 1.165) is 24.3 Å². The molecule has 0 fully saturated rings. The van der Waals surface area contributed by atoms with E-state index in [1.54, 1.807) is 18.2 Å². The fraction of sp³-hybridized carbons (Fsp3) is 0.125. The maximum absolute atomic E-state index is 14.8. The van der Waals surface area contributed by atoms with Crippen LogP contribution >= 0.6 is 15.9 Å². The van der Waals surface area contributed by atoms with Crippen LogP contribution in [0.2, 0.25) is 0 Å². The lowest BCUT2D eigenvalue weighted by Crippen LogP contribution is -2.15. The number of alkyl halides is 3. The van der Waals surface area contributed by atoms with E-state index in [9.17, 15) is 26.0 Å². The molecule has 0 radical (unpaired) electrons. The normalized spacial score (nSPS) is 11.9. The summed E-state index contributed by atoms with van der Waals surface area (Å²) in [5.41, 5.74) is -1.13. The number of anilines is 1. The lowest BCUT2D eigenvalue weighted by molar-refractivity contribution is -0.137. The first-order valence-electron chi connectivity index (χ1n) is 10.3. The van der Waals surface area contributed by atoms with Crippen LogP contribution in [0.15, 0.2) is 70.2 Å². The molecule has 13 heteroatoms. The number of methoxy groups -OCH3 is 2. The van der Waals surface area contributed by atoms with E-state index >= 15 is 0 Å². The Hall–Kier alpha value is -3.58. The average molecular weight is 601 g/mol. The molecule has 1 heterocycles. The van der Waals surface area contributed by atoms with E-state index in [0.29, 0.717) is 34.2 Å². The van der Waals surface area contributed by atoms with Crippen molar-refractivity contribution in [2.75, 3.05) is 18.9 Å². The zero-order valence-electron chi connectivity index (χ0n) is 19.1. The molecule has 0 unspecified atom stereocenters. The maximum atomic E-state index is 14.8. The Kier molecular flexibility index (Phi) is 7.20. The number of hydrogen-bond acceptors (Lipinski definition) is 6. The van der Waals surface area contributed by atoms with E-state index in [1.807, 2.05) is 4.72 Å². The van der Waals surface area contributed by atoms with Crippen molar-refractivity contribution in [2.24, 2.45) is 0 Å². The van der Waals surface area contributed by atoms with Gasteiger partial charge in [-0.15, -0.1) is 0 Å². The lowest BCUT2D eigenvalue weighted by atomic mass is 10.2. The summed E-state index contributed by atoms with van der Waals surface area (Å²) in [5.74, 6) is 0.210. The van der Waals surface area contributed by atoms with Crippen LogP contribution in [-0.2, 0) is 16.2 Å². The molecule has 0 saturated carbocycles. The number of sulfonamides is 1. The van der Waals surface area contributed by atoms with Crippen molar-refractivity contribution in [3.05, 3.63) is 76.6 Å². The Morgan fingerprint density at radius 3 is 2.27 bits per heavy atom. The van der Waals surface area contributed by atoms with Crippen molar-refractivity contribution in [1.82, 2.24) is 4.98 Å². The van der Waals surface area contributed by atoms with Gasteiger partial charge < -0.3 is 14.2 Å². The molecule has 0 amide bonds. The highest BCUT2D eigenvalue weighted by Crippen LogP contribution is 2.38. The standard InChI is InChI=1S/C24H17BrF4N2O5S/c1-34-22-11-17-20(12-23(22)35-2)30-6-5-21(17)36-15-3-4-19(18(26)10-15)31-37(32,33)16-8-13(24(27,28)29)7-14(25)9-16/h3-12,31H,1-2H3. The first-order valence-corrected chi connectivity index (χ1v) is 12.6. The van der Waals surface area contributed by atoms with E-state index in [2.05, 4.69) is 20.9 Å². The van der Waals surface area contributed by atoms with Crippen molar-refractivity contribution >= 4 is 42.5 Å². The van der Waals surface area contributed by atoms with Gasteiger partial charge in [-0.1, -0.05) is 15.9 Å². The highest BCUT2D eigenvalue weighted by Gasteiger charge is 2.32. The molecule has 0 aliphatic rings. The zero-order valence-corrected chi connectivity index (χ0v) is 21.5. The van der Waals surface area contributed by atoms with E-state index < -0.39 is 38.2 Å². The molecule has 0 bridgehead atoms. The molecule has 4 rings (SSSR count). The maximum Gasteiger partial charge on any atom is 0.416 e. The van der Waals surface area contributed by atoms with Gasteiger partial charge in [0.2, 0.25) is 0 Å². The third-order valence-electron chi connectivity index (χ3n) is 5.13. The van der Waals surface area contributed by atoms with Gasteiger partial charge in [-0.25, -0.2) is 12.8 Å². The number of aromatic nitrogens is 1. The van der Waals surface area contributed by atoms with Crippen LogP contribution < -0.4 is 18.9 Å². The van der Waals surface area contributed by atoms with E-state index in [-0.39, 0.29) is 10.2 Å². The molecule has 0 atom stereocenters. The van der Waals surface area contributed by atoms with Crippen molar-refractivity contribution in [3.63, 3.8) is 0 Å². The van der Waals surface area contributed by atoms with Crippen molar-refractivity contribution in [2.45, 2.75) is 11.1 Å². The molecule has 0 spiro atoms. The Morgan fingerprint density at radius 1 is 0.919 bits per heavy atom. The molecule has 37 heavy (non-hydrogen) atoms. The third kappa shape index (κ3) is 5.72. The smallest absolute Gasteiger partial charge is 0.416 e. The molecular weight excluding hydrogens is 584 g/mol. The molecular formula is C24H17BrF4N2O5S. The Balaban J connectivity index is 1.62. The fourth-order valence-electron chi connectivity index (χ4n) is 3.39. The summed E-state index contributed by atoms with van der Waals surface area (Å²) in [6, 6.07) is 10.3. The summed E-state index contributed by atoms with van der Waals surface area (Å²) in [4.78, 5) is 3.56. The molecule has 1 N–H and O–H groups in total. The van der Waals surface area contributed by atoms with E-state index in [4.69, 9.17) is 14.2 Å². The number of rotatable bonds is 7. The summed E-state index contributed by atoms with van der Waals surface area (Å²) in [6.07, 6.45) is -3.29. The molecule has 3 aromatic carbocycles. The first kappa shape index (κ1) is 26.5. The van der Waals surface area contributed by atoms with Crippen LogP contribution in [0, 0.1) is 5.82 Å². The predicted molar refractivity (Wildman–Crippen MR) is 131 cm³/mol. The van der Waals surface area contributed by atoms with Crippen LogP contribution in [0.25, 0.3) is 10.9 Å². The number of benzene rings is 3. The number of nitrogens with one attached hydrogen (secondary N) is 1. The van der Waals surface area contributed by atoms with Crippen molar-refractivity contribution in [1.29, 1.82) is 0 Å². The minimum absolute atomic E-state index is 0.0320. The number of pyridine rings is 1. The van der Waals surface area contributed by atoms with Crippen LogP contribution in [0.3, 0.4) is 0 Å². The van der Waals surface area contributed by atoms with Gasteiger partial charge in [0.25, 0.3) is 10.0 Å². The minimum Gasteiger partial charge on any atom is -0.493 e. The Bertz CT molecular complexity index is 1600. The Morgan fingerprint density at radius 2 is 1.62 bits per heavy atom. The van der Waals surface area contributed by atoms with Crippen molar-refractivity contribution < 1.29 is 40.2 Å².